The van der Waals surface area contributed by atoms with Gasteiger partial charge in [-0.15, -0.1) is 10.2 Å². The Hall–Kier alpha value is -3.00. The number of hydrogen-bond donors (Lipinski definition) is 0. The Labute approximate surface area is 169 Å². The molecule has 2 fully saturated rings. The van der Waals surface area contributed by atoms with E-state index in [0.717, 1.165) is 43.2 Å². The Morgan fingerprint density at radius 3 is 2.79 bits per heavy atom. The highest BCUT2D eigenvalue weighted by Gasteiger charge is 2.26. The van der Waals surface area contributed by atoms with E-state index in [0.29, 0.717) is 37.8 Å². The first kappa shape index (κ1) is 18.1. The van der Waals surface area contributed by atoms with Gasteiger partial charge in [0.25, 0.3) is 5.91 Å². The fourth-order valence-corrected chi connectivity index (χ4v) is 4.18. The fourth-order valence-electron chi connectivity index (χ4n) is 4.18. The van der Waals surface area contributed by atoms with Crippen LogP contribution in [-0.4, -0.2) is 69.8 Å². The summed E-state index contributed by atoms with van der Waals surface area (Å²) in [7, 11) is 0. The molecule has 150 valence electrons. The molecule has 1 amide bonds. The van der Waals surface area contributed by atoms with Gasteiger partial charge in [-0.05, 0) is 37.1 Å². The van der Waals surface area contributed by atoms with Crippen molar-refractivity contribution in [2.45, 2.75) is 18.8 Å². The largest absolute Gasteiger partial charge is 0.378 e. The zero-order valence-corrected chi connectivity index (χ0v) is 16.3. The van der Waals surface area contributed by atoms with Crippen LogP contribution >= 0.6 is 0 Å². The number of hydrogen-bond acceptors (Lipinski definition) is 6. The molecular weight excluding hydrogens is 368 g/mol. The van der Waals surface area contributed by atoms with Gasteiger partial charge in [-0.3, -0.25) is 9.20 Å². The van der Waals surface area contributed by atoms with Gasteiger partial charge in [0.1, 0.15) is 11.6 Å². The van der Waals surface area contributed by atoms with Crippen molar-refractivity contribution in [3.05, 3.63) is 54.1 Å². The minimum atomic E-state index is 0.0267. The summed E-state index contributed by atoms with van der Waals surface area (Å²) in [6.45, 7) is 4.28. The van der Waals surface area contributed by atoms with Crippen molar-refractivity contribution in [3.63, 3.8) is 0 Å². The predicted molar refractivity (Wildman–Crippen MR) is 108 cm³/mol. The Balaban J connectivity index is 1.31. The molecule has 8 heteroatoms. The topological polar surface area (TPSA) is 75.9 Å². The lowest BCUT2D eigenvalue weighted by atomic mass is 9.97. The average Bonchev–Trinajstić information content (AvgIpc) is 3.24. The van der Waals surface area contributed by atoms with Crippen LogP contribution in [0.5, 0.6) is 0 Å². The van der Waals surface area contributed by atoms with Crippen LogP contribution in [0.15, 0.2) is 42.7 Å². The van der Waals surface area contributed by atoms with Crippen molar-refractivity contribution in [1.82, 2.24) is 24.5 Å². The average molecular weight is 392 g/mol. The van der Waals surface area contributed by atoms with Crippen molar-refractivity contribution in [1.29, 1.82) is 0 Å². The lowest BCUT2D eigenvalue weighted by molar-refractivity contribution is 0.0302. The normalized spacial score (nSPS) is 20.2. The quantitative estimate of drug-likeness (QED) is 0.679. The van der Waals surface area contributed by atoms with E-state index >= 15 is 0 Å². The molecule has 0 radical (unpaired) electrons. The molecule has 2 saturated heterocycles. The summed E-state index contributed by atoms with van der Waals surface area (Å²) < 4.78 is 7.40. The number of piperidine rings is 1. The third-order valence-electron chi connectivity index (χ3n) is 5.74. The standard InChI is InChI=1S/C21H24N6O2/c28-21(25-10-12-29-13-11-25)16-6-7-18(22-14-16)26-8-3-4-17(15-26)20-24-23-19-5-1-2-9-27(19)20/h1-2,5-7,9,14,17H,3-4,8,10-13,15H2. The van der Waals surface area contributed by atoms with Crippen molar-refractivity contribution in [2.75, 3.05) is 44.3 Å². The fraction of sp³-hybridized carbons (Fsp3) is 0.429. The summed E-state index contributed by atoms with van der Waals surface area (Å²) in [4.78, 5) is 21.3. The Morgan fingerprint density at radius 2 is 1.97 bits per heavy atom. The summed E-state index contributed by atoms with van der Waals surface area (Å²) in [6, 6.07) is 9.80. The van der Waals surface area contributed by atoms with E-state index in [-0.39, 0.29) is 5.91 Å². The number of carbonyl (C=O) groups is 1. The Bertz CT molecular complexity index is 996. The summed E-state index contributed by atoms with van der Waals surface area (Å²) in [5.41, 5.74) is 1.51. The lowest BCUT2D eigenvalue weighted by Crippen LogP contribution is -2.40. The minimum Gasteiger partial charge on any atom is -0.378 e. The smallest absolute Gasteiger partial charge is 0.255 e. The summed E-state index contributed by atoms with van der Waals surface area (Å²) in [6.07, 6.45) is 5.87. The van der Waals surface area contributed by atoms with E-state index in [1.54, 1.807) is 6.20 Å². The first-order chi connectivity index (χ1) is 14.3. The molecule has 3 aromatic heterocycles. The lowest BCUT2D eigenvalue weighted by Gasteiger charge is -2.33. The number of rotatable bonds is 3. The molecule has 1 atom stereocenters. The summed E-state index contributed by atoms with van der Waals surface area (Å²) in [5.74, 6) is 2.24. The predicted octanol–water partition coefficient (Wildman–Crippen LogP) is 1.98. The molecule has 5 rings (SSSR count). The molecule has 0 aliphatic carbocycles. The molecule has 8 nitrogen and oxygen atoms in total. The second-order valence-electron chi connectivity index (χ2n) is 7.58. The van der Waals surface area contributed by atoms with E-state index in [9.17, 15) is 4.79 Å². The van der Waals surface area contributed by atoms with E-state index in [1.165, 1.54) is 0 Å². The van der Waals surface area contributed by atoms with Crippen molar-refractivity contribution in [2.24, 2.45) is 0 Å². The molecule has 1 unspecified atom stereocenters. The molecular formula is C21H24N6O2. The van der Waals surface area contributed by atoms with Gasteiger partial charge in [-0.2, -0.15) is 0 Å². The number of morpholine rings is 1. The summed E-state index contributed by atoms with van der Waals surface area (Å²) >= 11 is 0. The van der Waals surface area contributed by atoms with E-state index in [2.05, 4.69) is 24.5 Å². The molecule has 2 aliphatic heterocycles. The number of aromatic nitrogens is 4. The molecule has 0 aromatic carbocycles. The maximum absolute atomic E-state index is 12.6. The zero-order chi connectivity index (χ0) is 19.6. The third-order valence-corrected chi connectivity index (χ3v) is 5.74. The van der Waals surface area contributed by atoms with Crippen molar-refractivity contribution < 1.29 is 9.53 Å². The van der Waals surface area contributed by atoms with Gasteiger partial charge >= 0.3 is 0 Å². The van der Waals surface area contributed by atoms with Crippen LogP contribution in [0.3, 0.4) is 0 Å². The van der Waals surface area contributed by atoms with Crippen LogP contribution in [0.4, 0.5) is 5.82 Å². The second-order valence-corrected chi connectivity index (χ2v) is 7.58. The van der Waals surface area contributed by atoms with Gasteiger partial charge in [0, 0.05) is 44.5 Å². The molecule has 3 aromatic rings. The minimum absolute atomic E-state index is 0.0267. The first-order valence-electron chi connectivity index (χ1n) is 10.2. The zero-order valence-electron chi connectivity index (χ0n) is 16.3. The maximum atomic E-state index is 12.6. The van der Waals surface area contributed by atoms with Crippen LogP contribution in [0, 0.1) is 0 Å². The molecule has 0 saturated carbocycles. The Morgan fingerprint density at radius 1 is 1.07 bits per heavy atom. The van der Waals surface area contributed by atoms with Gasteiger partial charge in [-0.25, -0.2) is 4.98 Å². The van der Waals surface area contributed by atoms with Crippen LogP contribution < -0.4 is 4.90 Å². The van der Waals surface area contributed by atoms with E-state index in [4.69, 9.17) is 4.74 Å². The van der Waals surface area contributed by atoms with Crippen molar-refractivity contribution in [3.8, 4) is 0 Å². The second kappa shape index (κ2) is 7.79. The number of ether oxygens (including phenoxy) is 1. The van der Waals surface area contributed by atoms with Crippen LogP contribution in [0.2, 0.25) is 0 Å². The third kappa shape index (κ3) is 3.55. The first-order valence-corrected chi connectivity index (χ1v) is 10.2. The van der Waals surface area contributed by atoms with Gasteiger partial charge in [0.15, 0.2) is 5.65 Å². The SMILES string of the molecule is O=C(c1ccc(N2CCCC(c3nnc4ccccn34)C2)nc1)N1CCOCC1. The van der Waals surface area contributed by atoms with Crippen molar-refractivity contribution >= 4 is 17.4 Å². The molecule has 0 N–H and O–H groups in total. The number of pyridine rings is 2. The van der Waals surface area contributed by atoms with Crippen LogP contribution in [0.1, 0.15) is 34.9 Å². The summed E-state index contributed by atoms with van der Waals surface area (Å²) in [5, 5.41) is 8.74. The highest BCUT2D eigenvalue weighted by Crippen LogP contribution is 2.28. The maximum Gasteiger partial charge on any atom is 0.255 e. The molecule has 0 spiro atoms. The molecule has 5 heterocycles. The number of fused-ring (bicyclic) bond motifs is 1. The molecule has 2 aliphatic rings. The number of carbonyl (C=O) groups excluding carboxylic acids is 1. The van der Waals surface area contributed by atoms with E-state index in [1.807, 2.05) is 41.4 Å². The van der Waals surface area contributed by atoms with Gasteiger partial charge in [0.05, 0.1) is 18.8 Å². The highest BCUT2D eigenvalue weighted by atomic mass is 16.5. The highest BCUT2D eigenvalue weighted by molar-refractivity contribution is 5.94. The Kier molecular flexibility index (Phi) is 4.85. The van der Waals surface area contributed by atoms with Gasteiger partial charge < -0.3 is 14.5 Å². The van der Waals surface area contributed by atoms with E-state index < -0.39 is 0 Å². The van der Waals surface area contributed by atoms with Gasteiger partial charge in [0.2, 0.25) is 0 Å². The molecule has 0 bridgehead atoms. The van der Waals surface area contributed by atoms with Crippen LogP contribution in [0.25, 0.3) is 5.65 Å². The monoisotopic (exact) mass is 392 g/mol. The number of anilines is 1. The van der Waals surface area contributed by atoms with Gasteiger partial charge in [-0.1, -0.05) is 6.07 Å². The number of amides is 1. The van der Waals surface area contributed by atoms with Crippen LogP contribution in [-0.2, 0) is 4.74 Å². The number of nitrogens with zero attached hydrogens (tertiary/aromatic N) is 6. The molecule has 29 heavy (non-hydrogen) atoms.